The molecule has 3 nitrogen and oxygen atoms in total. The molecule has 0 amide bonds. The highest BCUT2D eigenvalue weighted by Crippen LogP contribution is 2.66. The molecular weight excluding hydrogens is 362 g/mol. The number of oxime groups is 1. The van der Waals surface area contributed by atoms with E-state index in [1.165, 1.54) is 51.4 Å². The summed E-state index contributed by atoms with van der Waals surface area (Å²) in [5.41, 5.74) is 3.34. The minimum Gasteiger partial charge on any atom is -0.412 e. The summed E-state index contributed by atoms with van der Waals surface area (Å²) in [5, 5.41) is 4.23. The van der Waals surface area contributed by atoms with Gasteiger partial charge in [-0.2, -0.15) is 0 Å². The predicted octanol–water partition coefficient (Wildman–Crippen LogP) is 6.56. The first kappa shape index (κ1) is 20.7. The van der Waals surface area contributed by atoms with E-state index in [-0.39, 0.29) is 5.60 Å². The predicted molar refractivity (Wildman–Crippen MR) is 119 cm³/mol. The van der Waals surface area contributed by atoms with Crippen LogP contribution < -0.4 is 0 Å². The topological polar surface area (TPSA) is 30.8 Å². The fourth-order valence-electron chi connectivity index (χ4n) is 7.88. The Labute approximate surface area is 173 Å². The van der Waals surface area contributed by atoms with Gasteiger partial charge in [-0.05, 0) is 113 Å². The van der Waals surface area contributed by atoms with Crippen molar-refractivity contribution >= 4 is 14.0 Å². The van der Waals surface area contributed by atoms with Crippen LogP contribution in [0.3, 0.4) is 0 Å². The lowest BCUT2D eigenvalue weighted by Crippen LogP contribution is -2.56. The summed E-state index contributed by atoms with van der Waals surface area (Å²) >= 11 is 0. The van der Waals surface area contributed by atoms with Crippen LogP contribution in [0.2, 0.25) is 19.6 Å². The van der Waals surface area contributed by atoms with Gasteiger partial charge in [0.15, 0.2) is 8.32 Å². The van der Waals surface area contributed by atoms with Crippen LogP contribution >= 0.6 is 0 Å². The lowest BCUT2D eigenvalue weighted by Gasteiger charge is -2.57. The van der Waals surface area contributed by atoms with Gasteiger partial charge in [0.05, 0.1) is 11.3 Å². The van der Waals surface area contributed by atoms with Crippen LogP contribution in [-0.4, -0.2) is 26.7 Å². The molecule has 3 saturated carbocycles. The maximum atomic E-state index is 7.03. The molecule has 0 aliphatic heterocycles. The molecule has 0 unspecified atom stereocenters. The molecule has 158 valence electrons. The van der Waals surface area contributed by atoms with E-state index in [4.69, 9.17) is 9.26 Å². The quantitative estimate of drug-likeness (QED) is 0.393. The summed E-state index contributed by atoms with van der Waals surface area (Å²) in [5.74, 6) is 3.45. The van der Waals surface area contributed by atoms with Gasteiger partial charge < -0.3 is 9.26 Å². The van der Waals surface area contributed by atoms with Crippen molar-refractivity contribution in [1.29, 1.82) is 0 Å². The smallest absolute Gasteiger partial charge is 0.184 e. The average Bonchev–Trinajstić information content (AvgIpc) is 2.93. The van der Waals surface area contributed by atoms with Crippen molar-refractivity contribution in [1.82, 2.24) is 0 Å². The van der Waals surface area contributed by atoms with Crippen molar-refractivity contribution in [2.75, 3.05) is 7.11 Å². The van der Waals surface area contributed by atoms with Crippen molar-refractivity contribution < 1.29 is 9.26 Å². The van der Waals surface area contributed by atoms with Crippen molar-refractivity contribution in [3.05, 3.63) is 11.6 Å². The molecule has 0 N–H and O–H groups in total. The van der Waals surface area contributed by atoms with E-state index in [9.17, 15) is 0 Å². The van der Waals surface area contributed by atoms with Gasteiger partial charge in [-0.1, -0.05) is 24.6 Å². The second-order valence-corrected chi connectivity index (χ2v) is 15.6. The Kier molecular flexibility index (Phi) is 5.36. The molecule has 4 rings (SSSR count). The lowest BCUT2D eigenvalue weighted by atomic mass is 9.50. The third kappa shape index (κ3) is 3.23. The first-order valence-electron chi connectivity index (χ1n) is 11.7. The third-order valence-electron chi connectivity index (χ3n) is 8.89. The highest BCUT2D eigenvalue weighted by atomic mass is 28.4. The molecule has 0 aromatic rings. The average molecular weight is 404 g/mol. The number of hydrogen-bond donors (Lipinski definition) is 0. The summed E-state index contributed by atoms with van der Waals surface area (Å²) < 4.78 is 7.03. The Morgan fingerprint density at radius 2 is 1.86 bits per heavy atom. The molecule has 0 saturated heterocycles. The van der Waals surface area contributed by atoms with E-state index in [0.717, 1.165) is 35.8 Å². The number of nitrogens with zero attached hydrogens (tertiary/aromatic N) is 1. The molecule has 0 bridgehead atoms. The highest BCUT2D eigenvalue weighted by molar-refractivity contribution is 6.69. The maximum Gasteiger partial charge on any atom is 0.184 e. The molecule has 0 spiro atoms. The Morgan fingerprint density at radius 3 is 2.54 bits per heavy atom. The number of fused-ring (bicyclic) bond motifs is 5. The van der Waals surface area contributed by atoms with Gasteiger partial charge >= 0.3 is 0 Å². The van der Waals surface area contributed by atoms with Crippen LogP contribution in [0.25, 0.3) is 0 Å². The molecule has 4 heteroatoms. The molecule has 3 fully saturated rings. The van der Waals surface area contributed by atoms with Gasteiger partial charge in [-0.15, -0.1) is 0 Å². The van der Waals surface area contributed by atoms with E-state index in [0.29, 0.717) is 5.41 Å². The molecule has 0 aromatic carbocycles. The number of rotatable bonds is 4. The zero-order valence-corrected chi connectivity index (χ0v) is 20.0. The molecule has 4 aliphatic rings. The van der Waals surface area contributed by atoms with Gasteiger partial charge in [0, 0.05) is 0 Å². The second kappa shape index (κ2) is 7.26. The molecular formula is C24H41NO2Si. The molecule has 6 atom stereocenters. The lowest BCUT2D eigenvalue weighted by molar-refractivity contribution is -0.108. The van der Waals surface area contributed by atoms with Crippen molar-refractivity contribution in [2.45, 2.75) is 96.9 Å². The summed E-state index contributed by atoms with van der Waals surface area (Å²) in [7, 11) is 0.105. The largest absolute Gasteiger partial charge is 0.412 e. The van der Waals surface area contributed by atoms with E-state index in [1.54, 1.807) is 12.7 Å². The summed E-state index contributed by atoms with van der Waals surface area (Å²) in [4.78, 5) is 5.05. The van der Waals surface area contributed by atoms with Crippen molar-refractivity contribution in [3.8, 4) is 0 Å². The fourth-order valence-corrected chi connectivity index (χ4v) is 9.53. The second-order valence-electron chi connectivity index (χ2n) is 11.2. The first-order valence-corrected chi connectivity index (χ1v) is 15.1. The maximum absolute atomic E-state index is 7.03. The third-order valence-corrected chi connectivity index (χ3v) is 9.89. The first-order chi connectivity index (χ1) is 13.2. The zero-order valence-electron chi connectivity index (χ0n) is 19.0. The molecule has 28 heavy (non-hydrogen) atoms. The Balaban J connectivity index is 1.59. The van der Waals surface area contributed by atoms with E-state index < -0.39 is 8.32 Å². The van der Waals surface area contributed by atoms with Gasteiger partial charge in [0.25, 0.3) is 0 Å². The number of allylic oxidation sites excluding steroid dienone is 2. The van der Waals surface area contributed by atoms with E-state index in [2.05, 4.69) is 44.7 Å². The normalized spacial score (nSPS) is 44.5. The van der Waals surface area contributed by atoms with E-state index in [1.807, 2.05) is 0 Å². The van der Waals surface area contributed by atoms with Crippen LogP contribution in [0.4, 0.5) is 0 Å². The SMILES string of the molecule is CC[C@@]1(O[Si](C)(C)C)CC[C@H]2[C@@H]3CCC4=C/C(=N/OC)CC[C@@H]4[C@H]3CC[C@@]21C. The van der Waals surface area contributed by atoms with Gasteiger partial charge in [-0.3, -0.25) is 0 Å². The summed E-state index contributed by atoms with van der Waals surface area (Å²) in [6.07, 6.45) is 14.0. The minimum atomic E-state index is -1.56. The highest BCUT2D eigenvalue weighted by Gasteiger charge is 2.63. The van der Waals surface area contributed by atoms with Crippen molar-refractivity contribution in [2.24, 2.45) is 34.2 Å². The summed E-state index contributed by atoms with van der Waals surface area (Å²) in [6, 6.07) is 0. The standard InChI is InChI=1S/C24H41NO2Si/c1-7-24(27-28(4,5)6)15-13-22-21-10-8-17-16-18(25-26-3)9-11-19(17)20(21)12-14-23(22,24)2/h16,19-22H,7-15H2,1-6H3/b25-18+/t19-,20+,21+,22-,23-,24+/m0/s1. The monoisotopic (exact) mass is 403 g/mol. The molecule has 0 heterocycles. The van der Waals surface area contributed by atoms with Gasteiger partial charge in [0.2, 0.25) is 0 Å². The van der Waals surface area contributed by atoms with Gasteiger partial charge in [0.1, 0.15) is 7.11 Å². The molecule has 0 aromatic heterocycles. The summed E-state index contributed by atoms with van der Waals surface area (Å²) in [6.45, 7) is 12.1. The van der Waals surface area contributed by atoms with E-state index >= 15 is 0 Å². The van der Waals surface area contributed by atoms with Crippen LogP contribution in [-0.2, 0) is 9.26 Å². The molecule has 0 radical (unpaired) electrons. The Bertz CT molecular complexity index is 666. The number of hydrogen-bond acceptors (Lipinski definition) is 3. The Morgan fingerprint density at radius 1 is 1.07 bits per heavy atom. The van der Waals surface area contributed by atoms with Gasteiger partial charge in [-0.25, -0.2) is 0 Å². The van der Waals surface area contributed by atoms with Crippen LogP contribution in [0.15, 0.2) is 16.8 Å². The minimum absolute atomic E-state index is 0.133. The zero-order chi connectivity index (χ0) is 20.2. The van der Waals surface area contributed by atoms with Crippen molar-refractivity contribution in [3.63, 3.8) is 0 Å². The van der Waals surface area contributed by atoms with Crippen LogP contribution in [0.1, 0.15) is 71.6 Å². The fraction of sp³-hybridized carbons (Fsp3) is 0.875. The van der Waals surface area contributed by atoms with Crippen LogP contribution in [0.5, 0.6) is 0 Å². The Hall–Kier alpha value is -0.613. The van der Waals surface area contributed by atoms with Crippen LogP contribution in [0, 0.1) is 29.1 Å². The molecule has 4 aliphatic carbocycles.